The van der Waals surface area contributed by atoms with Gasteiger partial charge in [-0.2, -0.15) is 4.98 Å². The van der Waals surface area contributed by atoms with E-state index in [4.69, 9.17) is 4.74 Å². The monoisotopic (exact) mass is 425 g/mol. The SMILES string of the molecule is O=C(Nc1cccc(OCCC2CCNCC2)n1)Nc1csc(Br)n1. The Morgan fingerprint density at radius 1 is 1.28 bits per heavy atom. The number of rotatable bonds is 6. The smallest absolute Gasteiger partial charge is 0.326 e. The maximum Gasteiger partial charge on any atom is 0.326 e. The number of aromatic nitrogens is 2. The Hall–Kier alpha value is -1.71. The van der Waals surface area contributed by atoms with Crippen molar-refractivity contribution in [3.05, 3.63) is 27.5 Å². The minimum absolute atomic E-state index is 0.392. The second kappa shape index (κ2) is 9.12. The zero-order chi connectivity index (χ0) is 17.5. The third kappa shape index (κ3) is 5.94. The molecule has 1 aliphatic rings. The normalized spacial score (nSPS) is 14.9. The molecule has 7 nitrogen and oxygen atoms in total. The molecule has 1 saturated heterocycles. The van der Waals surface area contributed by atoms with Crippen molar-refractivity contribution in [1.29, 1.82) is 0 Å². The Labute approximate surface area is 158 Å². The maximum absolute atomic E-state index is 12.0. The molecule has 0 bridgehead atoms. The second-order valence-electron chi connectivity index (χ2n) is 5.76. The highest BCUT2D eigenvalue weighted by Crippen LogP contribution is 2.20. The van der Waals surface area contributed by atoms with Crippen LogP contribution >= 0.6 is 27.3 Å². The minimum atomic E-state index is -0.392. The van der Waals surface area contributed by atoms with Crippen LogP contribution in [-0.4, -0.2) is 35.7 Å². The molecule has 134 valence electrons. The van der Waals surface area contributed by atoms with Crippen molar-refractivity contribution in [2.24, 2.45) is 5.92 Å². The van der Waals surface area contributed by atoms with Crippen LogP contribution < -0.4 is 20.7 Å². The zero-order valence-electron chi connectivity index (χ0n) is 13.6. The molecule has 0 aliphatic carbocycles. The number of thiazole rings is 1. The number of hydrogen-bond acceptors (Lipinski definition) is 6. The number of piperidine rings is 1. The van der Waals surface area contributed by atoms with E-state index in [-0.39, 0.29) is 0 Å². The third-order valence-corrected chi connectivity index (χ3v) is 5.28. The number of pyridine rings is 1. The molecule has 3 N–H and O–H groups in total. The van der Waals surface area contributed by atoms with Crippen LogP contribution in [-0.2, 0) is 0 Å². The summed E-state index contributed by atoms with van der Waals surface area (Å²) < 4.78 is 6.45. The predicted octanol–water partition coefficient (Wildman–Crippen LogP) is 3.71. The van der Waals surface area contributed by atoms with Crippen LogP contribution in [0.15, 0.2) is 27.5 Å². The van der Waals surface area contributed by atoms with Crippen molar-refractivity contribution in [2.45, 2.75) is 19.3 Å². The number of halogens is 1. The van der Waals surface area contributed by atoms with Gasteiger partial charge in [-0.15, -0.1) is 11.3 Å². The maximum atomic E-state index is 12.0. The van der Waals surface area contributed by atoms with Crippen molar-refractivity contribution in [3.8, 4) is 5.88 Å². The molecular formula is C16H20BrN5O2S. The Morgan fingerprint density at radius 3 is 2.84 bits per heavy atom. The first-order valence-electron chi connectivity index (χ1n) is 8.18. The first kappa shape index (κ1) is 18.1. The standard InChI is InChI=1S/C16H20BrN5O2S/c17-15-20-13(10-25-15)22-16(23)21-12-2-1-3-14(19-12)24-9-6-11-4-7-18-8-5-11/h1-3,10-11,18H,4-9H2,(H2,19,21,22,23). The molecule has 2 aromatic heterocycles. The summed E-state index contributed by atoms with van der Waals surface area (Å²) in [7, 11) is 0. The van der Waals surface area contributed by atoms with Crippen LogP contribution in [0, 0.1) is 5.92 Å². The van der Waals surface area contributed by atoms with Crippen LogP contribution in [0.25, 0.3) is 0 Å². The molecule has 2 amide bonds. The quantitative estimate of drug-likeness (QED) is 0.656. The summed E-state index contributed by atoms with van der Waals surface area (Å²) in [4.78, 5) is 20.4. The summed E-state index contributed by atoms with van der Waals surface area (Å²) in [5.41, 5.74) is 0. The highest BCUT2D eigenvalue weighted by atomic mass is 79.9. The fraction of sp³-hybridized carbons (Fsp3) is 0.438. The minimum Gasteiger partial charge on any atom is -0.478 e. The first-order chi connectivity index (χ1) is 12.2. The number of hydrogen-bond donors (Lipinski definition) is 3. The molecule has 0 saturated carbocycles. The van der Waals surface area contributed by atoms with Crippen LogP contribution in [0.4, 0.5) is 16.4 Å². The number of urea groups is 1. The van der Waals surface area contributed by atoms with E-state index < -0.39 is 6.03 Å². The van der Waals surface area contributed by atoms with Gasteiger partial charge < -0.3 is 10.1 Å². The van der Waals surface area contributed by atoms with Crippen LogP contribution in [0.2, 0.25) is 0 Å². The van der Waals surface area contributed by atoms with E-state index in [0.29, 0.717) is 34.0 Å². The average molecular weight is 426 g/mol. The highest BCUT2D eigenvalue weighted by Gasteiger charge is 2.13. The third-order valence-electron chi connectivity index (χ3n) is 3.92. The largest absolute Gasteiger partial charge is 0.478 e. The summed E-state index contributed by atoms with van der Waals surface area (Å²) in [6, 6.07) is 4.93. The Morgan fingerprint density at radius 2 is 2.08 bits per heavy atom. The van der Waals surface area contributed by atoms with Gasteiger partial charge in [0.05, 0.1) is 6.61 Å². The van der Waals surface area contributed by atoms with E-state index in [1.807, 2.05) is 6.07 Å². The van der Waals surface area contributed by atoms with E-state index in [2.05, 4.69) is 41.8 Å². The van der Waals surface area contributed by atoms with Crippen LogP contribution in [0.1, 0.15) is 19.3 Å². The van der Waals surface area contributed by atoms with Gasteiger partial charge in [0.2, 0.25) is 5.88 Å². The molecule has 3 rings (SSSR count). The van der Waals surface area contributed by atoms with Crippen LogP contribution in [0.3, 0.4) is 0 Å². The van der Waals surface area contributed by atoms with Gasteiger partial charge in [0.25, 0.3) is 0 Å². The lowest BCUT2D eigenvalue weighted by atomic mass is 9.95. The molecular weight excluding hydrogens is 406 g/mol. The fourth-order valence-electron chi connectivity index (χ4n) is 2.64. The predicted molar refractivity (Wildman–Crippen MR) is 102 cm³/mol. The number of nitrogens with one attached hydrogen (secondary N) is 3. The summed E-state index contributed by atoms with van der Waals surface area (Å²) in [6.07, 6.45) is 3.43. The van der Waals surface area contributed by atoms with Crippen molar-refractivity contribution in [2.75, 3.05) is 30.3 Å². The molecule has 1 fully saturated rings. The molecule has 9 heteroatoms. The van der Waals surface area contributed by atoms with Crippen LogP contribution in [0.5, 0.6) is 5.88 Å². The van der Waals surface area contributed by atoms with Gasteiger partial charge in [-0.25, -0.2) is 9.78 Å². The second-order valence-corrected chi connectivity index (χ2v) is 7.89. The molecule has 2 aromatic rings. The Bertz CT molecular complexity index is 705. The van der Waals surface area contributed by atoms with Crippen molar-refractivity contribution in [3.63, 3.8) is 0 Å². The molecule has 1 aliphatic heterocycles. The summed E-state index contributed by atoms with van der Waals surface area (Å²) >= 11 is 4.65. The Balaban J connectivity index is 1.46. The molecule has 0 spiro atoms. The van der Waals surface area contributed by atoms with Gasteiger partial charge in [-0.1, -0.05) is 6.07 Å². The number of anilines is 2. The van der Waals surface area contributed by atoms with Gasteiger partial charge in [0, 0.05) is 11.4 Å². The molecule has 0 aromatic carbocycles. The number of nitrogens with zero attached hydrogens (tertiary/aromatic N) is 2. The van der Waals surface area contributed by atoms with E-state index in [1.165, 1.54) is 24.2 Å². The lowest BCUT2D eigenvalue weighted by molar-refractivity contribution is 0.245. The molecule has 3 heterocycles. The number of amides is 2. The van der Waals surface area contributed by atoms with Gasteiger partial charge in [0.15, 0.2) is 3.92 Å². The van der Waals surface area contributed by atoms with Gasteiger partial charge >= 0.3 is 6.03 Å². The first-order valence-corrected chi connectivity index (χ1v) is 9.86. The molecule has 0 radical (unpaired) electrons. The fourth-order valence-corrected chi connectivity index (χ4v) is 3.58. The summed E-state index contributed by atoms with van der Waals surface area (Å²) in [5, 5.41) is 10.4. The lowest BCUT2D eigenvalue weighted by Gasteiger charge is -2.22. The number of carbonyl (C=O) groups is 1. The average Bonchev–Trinajstić information content (AvgIpc) is 3.01. The van der Waals surface area contributed by atoms with Gasteiger partial charge in [-0.3, -0.25) is 10.6 Å². The van der Waals surface area contributed by atoms with Gasteiger partial charge in [0.1, 0.15) is 11.6 Å². The topological polar surface area (TPSA) is 88.2 Å². The number of carbonyl (C=O) groups excluding carboxylic acids is 1. The van der Waals surface area contributed by atoms with E-state index in [9.17, 15) is 4.79 Å². The highest BCUT2D eigenvalue weighted by molar-refractivity contribution is 9.11. The molecule has 25 heavy (non-hydrogen) atoms. The van der Waals surface area contributed by atoms with Crippen molar-refractivity contribution in [1.82, 2.24) is 15.3 Å². The zero-order valence-corrected chi connectivity index (χ0v) is 16.0. The molecule has 0 atom stereocenters. The summed E-state index contributed by atoms with van der Waals surface area (Å²) in [5.74, 6) is 2.16. The van der Waals surface area contributed by atoms with Gasteiger partial charge in [-0.05, 0) is 60.3 Å². The Kier molecular flexibility index (Phi) is 6.60. The van der Waals surface area contributed by atoms with Crippen molar-refractivity contribution < 1.29 is 9.53 Å². The number of ether oxygens (including phenoxy) is 1. The summed E-state index contributed by atoms with van der Waals surface area (Å²) in [6.45, 7) is 2.82. The van der Waals surface area contributed by atoms with E-state index in [0.717, 1.165) is 19.5 Å². The van der Waals surface area contributed by atoms with E-state index in [1.54, 1.807) is 17.5 Å². The van der Waals surface area contributed by atoms with Crippen molar-refractivity contribution >= 4 is 44.9 Å². The lowest BCUT2D eigenvalue weighted by Crippen LogP contribution is -2.28. The molecule has 0 unspecified atom stereocenters. The van der Waals surface area contributed by atoms with E-state index >= 15 is 0 Å².